The second-order valence-corrected chi connectivity index (χ2v) is 8.14. The molecule has 0 bridgehead atoms. The predicted molar refractivity (Wildman–Crippen MR) is 85.5 cm³/mol. The van der Waals surface area contributed by atoms with Crippen molar-refractivity contribution >= 4 is 10.2 Å². The molecule has 21 heavy (non-hydrogen) atoms. The predicted octanol–water partition coefficient (Wildman–Crippen LogP) is 1.05. The molecule has 1 aliphatic rings. The van der Waals surface area contributed by atoms with Gasteiger partial charge in [-0.25, -0.2) is 4.72 Å². The van der Waals surface area contributed by atoms with Crippen molar-refractivity contribution in [2.75, 3.05) is 32.7 Å². The van der Waals surface area contributed by atoms with E-state index in [2.05, 4.69) is 37.3 Å². The molecule has 0 aromatic carbocycles. The molecule has 0 aliphatic carbocycles. The molecule has 126 valence electrons. The summed E-state index contributed by atoms with van der Waals surface area (Å²) in [5.41, 5.74) is -0.244. The molecule has 0 saturated carbocycles. The third kappa shape index (κ3) is 5.17. The highest BCUT2D eigenvalue weighted by Crippen LogP contribution is 2.21. The van der Waals surface area contributed by atoms with Gasteiger partial charge in [0.25, 0.3) is 10.2 Å². The Bertz CT molecular complexity index is 411. The standard InChI is InChI=1S/C14H31N3O3S/c1-7-17(8-2)21(18,19)15-11-14(5,6)16-9-12(3)20-13(4)10-16/h12-13,15H,7-11H2,1-6H3/t12-,13+. The van der Waals surface area contributed by atoms with Crippen LogP contribution in [0, 0.1) is 0 Å². The fourth-order valence-corrected chi connectivity index (χ4v) is 4.10. The Balaban J connectivity index is 2.68. The van der Waals surface area contributed by atoms with Crippen molar-refractivity contribution in [1.82, 2.24) is 13.9 Å². The first-order valence-electron chi connectivity index (χ1n) is 7.77. The first kappa shape index (κ1) is 18.8. The zero-order valence-electron chi connectivity index (χ0n) is 14.2. The highest BCUT2D eigenvalue weighted by Gasteiger charge is 2.34. The number of rotatable bonds is 7. The molecule has 1 heterocycles. The summed E-state index contributed by atoms with van der Waals surface area (Å²) in [4.78, 5) is 2.30. The highest BCUT2D eigenvalue weighted by molar-refractivity contribution is 7.87. The van der Waals surface area contributed by atoms with E-state index < -0.39 is 10.2 Å². The van der Waals surface area contributed by atoms with Gasteiger partial charge in [-0.15, -0.1) is 0 Å². The lowest BCUT2D eigenvalue weighted by Crippen LogP contribution is -2.59. The van der Waals surface area contributed by atoms with Crippen LogP contribution in [0.1, 0.15) is 41.5 Å². The minimum atomic E-state index is -3.40. The number of hydrogen-bond donors (Lipinski definition) is 1. The number of ether oxygens (including phenoxy) is 1. The van der Waals surface area contributed by atoms with Gasteiger partial charge in [-0.1, -0.05) is 13.8 Å². The molecule has 0 aromatic rings. The van der Waals surface area contributed by atoms with Crippen LogP contribution in [0.3, 0.4) is 0 Å². The Labute approximate surface area is 130 Å². The maximum absolute atomic E-state index is 12.2. The maximum Gasteiger partial charge on any atom is 0.279 e. The van der Waals surface area contributed by atoms with Crippen molar-refractivity contribution in [1.29, 1.82) is 0 Å². The van der Waals surface area contributed by atoms with Crippen LogP contribution in [0.2, 0.25) is 0 Å². The minimum absolute atomic E-state index is 0.174. The number of nitrogens with zero attached hydrogens (tertiary/aromatic N) is 2. The molecule has 1 rings (SSSR count). The fraction of sp³-hybridized carbons (Fsp3) is 1.00. The van der Waals surface area contributed by atoms with Crippen molar-refractivity contribution < 1.29 is 13.2 Å². The summed E-state index contributed by atoms with van der Waals surface area (Å²) >= 11 is 0. The van der Waals surface area contributed by atoms with Crippen LogP contribution in [-0.4, -0.2) is 68.1 Å². The van der Waals surface area contributed by atoms with Gasteiger partial charge in [0.15, 0.2) is 0 Å². The van der Waals surface area contributed by atoms with Crippen molar-refractivity contribution in [3.05, 3.63) is 0 Å². The summed E-state index contributed by atoms with van der Waals surface area (Å²) in [5.74, 6) is 0. The van der Waals surface area contributed by atoms with E-state index in [0.29, 0.717) is 19.6 Å². The molecule has 0 unspecified atom stereocenters. The molecular formula is C14H31N3O3S. The Kier molecular flexibility index (Phi) is 6.61. The maximum atomic E-state index is 12.2. The molecule has 1 saturated heterocycles. The van der Waals surface area contributed by atoms with E-state index in [4.69, 9.17) is 4.74 Å². The topological polar surface area (TPSA) is 61.9 Å². The van der Waals surface area contributed by atoms with E-state index in [1.165, 1.54) is 4.31 Å². The lowest BCUT2D eigenvalue weighted by atomic mass is 10.0. The molecule has 0 radical (unpaired) electrons. The van der Waals surface area contributed by atoms with Crippen LogP contribution >= 0.6 is 0 Å². The SMILES string of the molecule is CCN(CC)S(=O)(=O)NCC(C)(C)N1C[C@@H](C)O[C@@H](C)C1. The number of hydrogen-bond acceptors (Lipinski definition) is 4. The second-order valence-electron chi connectivity index (χ2n) is 6.39. The smallest absolute Gasteiger partial charge is 0.279 e. The first-order chi connectivity index (χ1) is 9.62. The van der Waals surface area contributed by atoms with Gasteiger partial charge >= 0.3 is 0 Å². The van der Waals surface area contributed by atoms with Crippen LogP contribution in [0.4, 0.5) is 0 Å². The third-order valence-electron chi connectivity index (χ3n) is 4.01. The van der Waals surface area contributed by atoms with Gasteiger partial charge in [0.2, 0.25) is 0 Å². The Hall–Kier alpha value is -0.210. The van der Waals surface area contributed by atoms with E-state index >= 15 is 0 Å². The van der Waals surface area contributed by atoms with Crippen LogP contribution < -0.4 is 4.72 Å². The van der Waals surface area contributed by atoms with Crippen LogP contribution in [-0.2, 0) is 14.9 Å². The average Bonchev–Trinajstić information content (AvgIpc) is 2.37. The number of morpholine rings is 1. The van der Waals surface area contributed by atoms with E-state index in [1.807, 2.05) is 13.8 Å². The summed E-state index contributed by atoms with van der Waals surface area (Å²) in [5, 5.41) is 0. The van der Waals surface area contributed by atoms with Gasteiger partial charge in [-0.05, 0) is 27.7 Å². The fourth-order valence-electron chi connectivity index (χ4n) is 2.71. The van der Waals surface area contributed by atoms with Crippen LogP contribution in [0.5, 0.6) is 0 Å². The van der Waals surface area contributed by atoms with E-state index in [1.54, 1.807) is 0 Å². The van der Waals surface area contributed by atoms with Crippen LogP contribution in [0.15, 0.2) is 0 Å². The monoisotopic (exact) mass is 321 g/mol. The summed E-state index contributed by atoms with van der Waals surface area (Å²) in [6.45, 7) is 15.0. The van der Waals surface area contributed by atoms with E-state index in [-0.39, 0.29) is 17.7 Å². The Morgan fingerprint density at radius 3 is 2.10 bits per heavy atom. The van der Waals surface area contributed by atoms with Crippen molar-refractivity contribution in [3.63, 3.8) is 0 Å². The van der Waals surface area contributed by atoms with E-state index in [0.717, 1.165) is 13.1 Å². The van der Waals surface area contributed by atoms with Crippen molar-refractivity contribution in [2.45, 2.75) is 59.3 Å². The van der Waals surface area contributed by atoms with Gasteiger partial charge < -0.3 is 4.74 Å². The molecule has 1 N–H and O–H groups in total. The molecule has 0 aromatic heterocycles. The molecule has 6 nitrogen and oxygen atoms in total. The highest BCUT2D eigenvalue weighted by atomic mass is 32.2. The molecular weight excluding hydrogens is 290 g/mol. The number of nitrogens with one attached hydrogen (secondary N) is 1. The molecule has 7 heteroatoms. The first-order valence-corrected chi connectivity index (χ1v) is 9.21. The second kappa shape index (κ2) is 7.37. The zero-order valence-corrected chi connectivity index (χ0v) is 15.0. The third-order valence-corrected chi connectivity index (χ3v) is 5.71. The Morgan fingerprint density at radius 1 is 1.19 bits per heavy atom. The quantitative estimate of drug-likeness (QED) is 0.761. The van der Waals surface area contributed by atoms with Crippen molar-refractivity contribution in [2.24, 2.45) is 0 Å². The molecule has 2 atom stereocenters. The lowest BCUT2D eigenvalue weighted by molar-refractivity contribution is -0.0945. The molecule has 0 spiro atoms. The summed E-state index contributed by atoms with van der Waals surface area (Å²) in [7, 11) is -3.40. The van der Waals surface area contributed by atoms with Crippen molar-refractivity contribution in [3.8, 4) is 0 Å². The van der Waals surface area contributed by atoms with Gasteiger partial charge in [0.1, 0.15) is 0 Å². The summed E-state index contributed by atoms with van der Waals surface area (Å²) < 4.78 is 34.4. The molecule has 1 aliphatic heterocycles. The van der Waals surface area contributed by atoms with Gasteiger partial charge in [-0.2, -0.15) is 12.7 Å². The van der Waals surface area contributed by atoms with Crippen LogP contribution in [0.25, 0.3) is 0 Å². The van der Waals surface area contributed by atoms with Gasteiger partial charge in [0.05, 0.1) is 12.2 Å². The lowest BCUT2D eigenvalue weighted by Gasteiger charge is -2.45. The Morgan fingerprint density at radius 2 is 1.67 bits per heavy atom. The van der Waals surface area contributed by atoms with E-state index in [9.17, 15) is 8.42 Å². The van der Waals surface area contributed by atoms with Gasteiger partial charge in [-0.3, -0.25) is 4.90 Å². The minimum Gasteiger partial charge on any atom is -0.373 e. The zero-order chi connectivity index (χ0) is 16.3. The molecule has 0 amide bonds. The molecule has 1 fully saturated rings. The largest absolute Gasteiger partial charge is 0.373 e. The normalized spacial score (nSPS) is 25.5. The van der Waals surface area contributed by atoms with Gasteiger partial charge in [0, 0.05) is 38.3 Å². The summed E-state index contributed by atoms with van der Waals surface area (Å²) in [6, 6.07) is 0. The average molecular weight is 321 g/mol. The summed E-state index contributed by atoms with van der Waals surface area (Å²) in [6.07, 6.45) is 0.347.